The molecule has 0 fully saturated rings. The first-order chi connectivity index (χ1) is 0. The summed E-state index contributed by atoms with van der Waals surface area (Å²) in [6.07, 6.45) is 0. The van der Waals surface area contributed by atoms with E-state index in [0.29, 0.717) is 0 Å². The zero-order valence-electron chi connectivity index (χ0n) is 2.93. The summed E-state index contributed by atoms with van der Waals surface area (Å²) in [5.74, 6) is 0. The molecule has 0 spiro atoms. The Morgan fingerprint density at radius 2 is 1.00 bits per heavy atom. The Hall–Kier alpha value is 2.53. The van der Waals surface area contributed by atoms with Crippen LogP contribution in [0.5, 0.6) is 0 Å². The summed E-state index contributed by atoms with van der Waals surface area (Å²) in [6.45, 7) is 0. The van der Waals surface area contributed by atoms with Crippen molar-refractivity contribution >= 4 is 23.1 Å². The summed E-state index contributed by atoms with van der Waals surface area (Å²) >= 11 is 0. The van der Waals surface area contributed by atoms with Crippen molar-refractivity contribution in [2.45, 2.75) is 0 Å². The van der Waals surface area contributed by atoms with Gasteiger partial charge in [-0.3, -0.25) is 0 Å². The third-order valence-corrected chi connectivity index (χ3v) is 0. The van der Waals surface area contributed by atoms with Gasteiger partial charge < -0.3 is 5.48 Å². The summed E-state index contributed by atoms with van der Waals surface area (Å²) in [4.78, 5) is 0. The number of hydrogen-bond acceptors (Lipinski definition) is 0. The second-order valence-corrected chi connectivity index (χ2v) is 0. The van der Waals surface area contributed by atoms with Crippen molar-refractivity contribution in [1.29, 1.82) is 0 Å². The molecule has 0 atom stereocenters. The van der Waals surface area contributed by atoms with Crippen LogP contribution in [0.2, 0.25) is 0 Å². The Morgan fingerprint density at radius 1 is 1.00 bits per heavy atom. The molecule has 0 aromatic rings. The molecule has 5 heteroatoms. The van der Waals surface area contributed by atoms with Crippen molar-refractivity contribution in [2.24, 2.45) is 0 Å². The van der Waals surface area contributed by atoms with Crippen LogP contribution in [0.15, 0.2) is 0 Å². The van der Waals surface area contributed by atoms with Gasteiger partial charge in [0.05, 0.1) is 0 Å². The smallest absolute Gasteiger partial charge is 2.00 e. The first-order valence-corrected chi connectivity index (χ1v) is 0. The predicted octanol–water partition coefficient (Wildman–Crippen LogP) is -3.50. The van der Waals surface area contributed by atoms with E-state index in [1.165, 1.54) is 0 Å². The molecule has 0 amide bonds. The van der Waals surface area contributed by atoms with Crippen molar-refractivity contribution in [3.63, 3.8) is 0 Å². The summed E-state index contributed by atoms with van der Waals surface area (Å²) in [7, 11) is 0. The van der Waals surface area contributed by atoms with Crippen LogP contribution in [0.25, 0.3) is 0 Å². The van der Waals surface area contributed by atoms with Crippen molar-refractivity contribution in [2.75, 3.05) is 0 Å². The minimum Gasteiger partial charge on any atom is -2.00 e. The molecule has 0 aliphatic rings. The third-order valence-electron chi connectivity index (χ3n) is 0. The third kappa shape index (κ3) is 20.9. The van der Waals surface area contributed by atoms with Crippen LogP contribution < -0.4 is 18.9 Å². The summed E-state index contributed by atoms with van der Waals surface area (Å²) in [5.41, 5.74) is 0. The van der Waals surface area contributed by atoms with Gasteiger partial charge in [-0.2, -0.15) is 0 Å². The molecular weight excluding hydrogens is 154 g/mol. The maximum absolute atomic E-state index is 0. The van der Waals surface area contributed by atoms with Crippen molar-refractivity contribution in [1.82, 2.24) is 0 Å². The number of hydrogen-bond donors (Lipinski definition) is 0. The maximum Gasteiger partial charge on any atom is 4.00 e. The van der Waals surface area contributed by atoms with E-state index >= 15 is 0 Å². The molecule has 0 radical (unpaired) electrons. The van der Waals surface area contributed by atoms with Gasteiger partial charge in [-0.05, 0) is 0 Å². The van der Waals surface area contributed by atoms with Gasteiger partial charge in [0.2, 0.25) is 0 Å². The molecule has 0 unspecified atom stereocenters. The van der Waals surface area contributed by atoms with Gasteiger partial charge in [-0.15, -0.1) is 0 Å². The van der Waals surface area contributed by atoms with E-state index in [1.54, 1.807) is 0 Å². The molecular formula is LiMgNiOTi+7. The average molecular weight is 154 g/mol. The molecule has 5 heavy (non-hydrogen) atoms. The van der Waals surface area contributed by atoms with E-state index in [9.17, 15) is 0 Å². The molecule has 0 aromatic heterocycles. The van der Waals surface area contributed by atoms with Crippen LogP contribution >= 0.6 is 0 Å². The molecule has 0 aliphatic heterocycles. The van der Waals surface area contributed by atoms with Crippen molar-refractivity contribution < 1.29 is 62.5 Å². The van der Waals surface area contributed by atoms with E-state index in [2.05, 4.69) is 0 Å². The zero-order chi connectivity index (χ0) is 0. The van der Waals surface area contributed by atoms with E-state index in [-0.39, 0.29) is 85.6 Å². The first kappa shape index (κ1) is 50.1. The number of rotatable bonds is 0. The Kier molecular flexibility index (Phi) is 313. The molecule has 0 heterocycles. The minimum atomic E-state index is 0. The van der Waals surface area contributed by atoms with Gasteiger partial charge in [0.25, 0.3) is 0 Å². The monoisotopic (exact) mass is 153 g/mol. The van der Waals surface area contributed by atoms with Crippen LogP contribution in [-0.4, -0.2) is 23.1 Å². The van der Waals surface area contributed by atoms with Crippen molar-refractivity contribution in [3.05, 3.63) is 0 Å². The van der Waals surface area contributed by atoms with Gasteiger partial charge in [0, 0.05) is 0 Å². The molecule has 0 aromatic carbocycles. The fourth-order valence-electron chi connectivity index (χ4n) is 0. The molecule has 0 saturated heterocycles. The Labute approximate surface area is 84.5 Å². The van der Waals surface area contributed by atoms with Crippen LogP contribution in [0.4, 0.5) is 0 Å². The Bertz CT molecular complexity index is 11.6. The normalized spacial score (nSPS) is 0. The fraction of sp³-hybridized carbons (Fsp3) is 0. The van der Waals surface area contributed by atoms with Crippen LogP contribution in [0, 0.1) is 0 Å². The summed E-state index contributed by atoms with van der Waals surface area (Å²) < 4.78 is 0. The quantitative estimate of drug-likeness (QED) is 0.324. The van der Waals surface area contributed by atoms with Crippen molar-refractivity contribution in [3.8, 4) is 0 Å². The van der Waals surface area contributed by atoms with Gasteiger partial charge in [-0.25, -0.2) is 0 Å². The molecule has 16 valence electrons. The Morgan fingerprint density at radius 3 is 1.00 bits per heavy atom. The SMILES string of the molecule is [Li+].[Mg+2].[Ni+2].[O-2].[Ti+4]. The van der Waals surface area contributed by atoms with Crippen LogP contribution in [0.3, 0.4) is 0 Å². The average Bonchev–Trinajstić information content (AvgIpc) is 0. The molecule has 0 N–H and O–H groups in total. The molecule has 0 saturated carbocycles. The largest absolute Gasteiger partial charge is 4.00 e. The standard InChI is InChI=1S/Li.Mg.Ni.O.Ti/q+1;2*+2;-2;+4. The molecule has 0 aliphatic carbocycles. The van der Waals surface area contributed by atoms with Gasteiger partial charge in [0.15, 0.2) is 0 Å². The van der Waals surface area contributed by atoms with E-state index in [1.807, 2.05) is 0 Å². The van der Waals surface area contributed by atoms with Crippen LogP contribution in [0.1, 0.15) is 0 Å². The van der Waals surface area contributed by atoms with Gasteiger partial charge >= 0.3 is 80.1 Å². The minimum absolute atomic E-state index is 0. The maximum atomic E-state index is 0. The van der Waals surface area contributed by atoms with E-state index in [4.69, 9.17) is 0 Å². The second-order valence-electron chi connectivity index (χ2n) is 0. The predicted molar refractivity (Wildman–Crippen MR) is 6.44 cm³/mol. The molecule has 1 nitrogen and oxygen atoms in total. The molecule has 0 bridgehead atoms. The first-order valence-electron chi connectivity index (χ1n) is 0. The Balaban J connectivity index is 0. The van der Waals surface area contributed by atoms with Crippen LogP contribution in [-0.2, 0) is 43.7 Å². The molecule has 0 rings (SSSR count). The van der Waals surface area contributed by atoms with Gasteiger partial charge in [-0.1, -0.05) is 0 Å². The van der Waals surface area contributed by atoms with E-state index in [0.717, 1.165) is 0 Å². The van der Waals surface area contributed by atoms with Gasteiger partial charge in [0.1, 0.15) is 0 Å². The second kappa shape index (κ2) is 31.2. The summed E-state index contributed by atoms with van der Waals surface area (Å²) in [6, 6.07) is 0. The van der Waals surface area contributed by atoms with E-state index < -0.39 is 0 Å². The fourth-order valence-corrected chi connectivity index (χ4v) is 0. The topological polar surface area (TPSA) is 28.5 Å². The summed E-state index contributed by atoms with van der Waals surface area (Å²) in [5, 5.41) is 0. The zero-order valence-corrected chi connectivity index (χ0v) is 6.89.